The zero-order valence-electron chi connectivity index (χ0n) is 27.4. The number of likely N-dealkylation sites (N-methyl/N-ethyl adjacent to an activating group) is 1. The highest BCUT2D eigenvalue weighted by molar-refractivity contribution is 7.47. The van der Waals surface area contributed by atoms with Gasteiger partial charge in [0.2, 0.25) is 0 Å². The summed E-state index contributed by atoms with van der Waals surface area (Å²) in [4.78, 5) is 22.4. The van der Waals surface area contributed by atoms with Gasteiger partial charge in [-0.3, -0.25) is 9.05 Å². The second-order valence-corrected chi connectivity index (χ2v) is 15.0. The van der Waals surface area contributed by atoms with Crippen LogP contribution in [0.2, 0.25) is 0 Å². The summed E-state index contributed by atoms with van der Waals surface area (Å²) >= 11 is 0. The van der Waals surface area contributed by atoms with Crippen molar-refractivity contribution in [3.8, 4) is 0 Å². The van der Waals surface area contributed by atoms with Crippen LogP contribution in [0.5, 0.6) is 0 Å². The summed E-state index contributed by atoms with van der Waals surface area (Å²) in [5.74, 6) is -0.143. The maximum Gasteiger partial charge on any atom is 0.472 e. The Hall–Kier alpha value is -0.700. The number of ether oxygens (including phenoxy) is 2. The van der Waals surface area contributed by atoms with Gasteiger partial charge in [0.25, 0.3) is 0 Å². The first-order chi connectivity index (χ1) is 20.1. The molecular formula is C32H64N2O7P+. The molecule has 42 heavy (non-hydrogen) atoms. The number of phosphoric ester groups is 1. The molecule has 0 aromatic heterocycles. The van der Waals surface area contributed by atoms with Crippen LogP contribution >= 0.6 is 7.82 Å². The van der Waals surface area contributed by atoms with Crippen LogP contribution in [0.1, 0.15) is 122 Å². The van der Waals surface area contributed by atoms with Gasteiger partial charge in [-0.05, 0) is 19.3 Å². The van der Waals surface area contributed by atoms with E-state index < -0.39 is 13.9 Å². The van der Waals surface area contributed by atoms with Crippen molar-refractivity contribution in [1.82, 2.24) is 5.32 Å². The third-order valence-electron chi connectivity index (χ3n) is 8.74. The molecule has 2 saturated heterocycles. The lowest BCUT2D eigenvalue weighted by atomic mass is 9.80. The molecule has 2 heterocycles. The highest BCUT2D eigenvalue weighted by Crippen LogP contribution is 2.48. The van der Waals surface area contributed by atoms with Gasteiger partial charge in [-0.15, -0.1) is 0 Å². The van der Waals surface area contributed by atoms with E-state index in [1.807, 2.05) is 21.1 Å². The number of nitrogens with zero attached hydrogens (tertiary/aromatic N) is 1. The largest absolute Gasteiger partial charge is 0.472 e. The number of hydrogen-bond acceptors (Lipinski definition) is 6. The number of quaternary nitrogens is 1. The fourth-order valence-electron chi connectivity index (χ4n) is 6.07. The smallest absolute Gasteiger partial charge is 0.449 e. The molecular weight excluding hydrogens is 555 g/mol. The summed E-state index contributed by atoms with van der Waals surface area (Å²) < 4.78 is 35.0. The first-order valence-corrected chi connectivity index (χ1v) is 18.6. The summed E-state index contributed by atoms with van der Waals surface area (Å²) in [6.45, 7) is 3.89. The van der Waals surface area contributed by atoms with Crippen molar-refractivity contribution in [2.45, 2.75) is 135 Å². The predicted octanol–water partition coefficient (Wildman–Crippen LogP) is 7.61. The fraction of sp³-hybridized carbons (Fsp3) is 0.969. The van der Waals surface area contributed by atoms with Gasteiger partial charge < -0.3 is 24.2 Å². The number of phosphoric acid groups is 1. The van der Waals surface area contributed by atoms with Gasteiger partial charge in [0.05, 0.1) is 46.6 Å². The first kappa shape index (κ1) is 37.5. The van der Waals surface area contributed by atoms with E-state index in [9.17, 15) is 14.3 Å². The third kappa shape index (κ3) is 17.0. The van der Waals surface area contributed by atoms with Crippen LogP contribution in [0, 0.1) is 11.8 Å². The molecule has 2 N–H and O–H groups in total. The highest BCUT2D eigenvalue weighted by atomic mass is 31.2. The van der Waals surface area contributed by atoms with E-state index in [0.717, 1.165) is 25.7 Å². The number of nitrogens with one attached hydrogen (secondary N) is 1. The van der Waals surface area contributed by atoms with E-state index in [1.165, 1.54) is 89.9 Å². The molecule has 0 aliphatic carbocycles. The molecule has 1 unspecified atom stereocenters. The average Bonchev–Trinajstić information content (AvgIpc) is 3.53. The molecule has 0 spiro atoms. The van der Waals surface area contributed by atoms with Crippen molar-refractivity contribution in [2.24, 2.45) is 11.8 Å². The van der Waals surface area contributed by atoms with E-state index >= 15 is 0 Å². The summed E-state index contributed by atoms with van der Waals surface area (Å²) in [5.41, 5.74) is 0. The van der Waals surface area contributed by atoms with Crippen molar-refractivity contribution >= 4 is 13.9 Å². The predicted molar refractivity (Wildman–Crippen MR) is 168 cm³/mol. The third-order valence-corrected chi connectivity index (χ3v) is 9.73. The van der Waals surface area contributed by atoms with Crippen LogP contribution in [0.15, 0.2) is 0 Å². The molecule has 248 valence electrons. The zero-order chi connectivity index (χ0) is 30.7. The molecule has 1 amide bonds. The van der Waals surface area contributed by atoms with Crippen molar-refractivity contribution < 1.29 is 37.3 Å². The molecule has 9 nitrogen and oxygen atoms in total. The van der Waals surface area contributed by atoms with Gasteiger partial charge in [0.1, 0.15) is 13.2 Å². The van der Waals surface area contributed by atoms with E-state index in [2.05, 4.69) is 12.2 Å². The molecule has 2 bridgehead atoms. The molecule has 0 aromatic rings. The van der Waals surface area contributed by atoms with Gasteiger partial charge in [-0.2, -0.15) is 0 Å². The topological polar surface area (TPSA) is 103 Å². The molecule has 0 radical (unpaired) electrons. The maximum absolute atomic E-state index is 12.3. The maximum atomic E-state index is 12.3. The number of fused-ring (bicyclic) bond motifs is 2. The van der Waals surface area contributed by atoms with Gasteiger partial charge in [-0.25, -0.2) is 9.36 Å². The number of carbonyl (C=O) groups is 1. The summed E-state index contributed by atoms with van der Waals surface area (Å²) in [6, 6.07) is 0. The van der Waals surface area contributed by atoms with E-state index in [0.29, 0.717) is 17.6 Å². The van der Waals surface area contributed by atoms with E-state index in [1.54, 1.807) is 0 Å². The molecule has 2 fully saturated rings. The molecule has 5 atom stereocenters. The van der Waals surface area contributed by atoms with Crippen molar-refractivity contribution in [2.75, 3.05) is 54.1 Å². The Morgan fingerprint density at radius 1 is 0.786 bits per heavy atom. The molecule has 2 rings (SSSR count). The van der Waals surface area contributed by atoms with Crippen molar-refractivity contribution in [3.63, 3.8) is 0 Å². The second-order valence-electron chi connectivity index (χ2n) is 13.6. The fourth-order valence-corrected chi connectivity index (χ4v) is 6.81. The highest BCUT2D eigenvalue weighted by Gasteiger charge is 2.50. The minimum Gasteiger partial charge on any atom is -0.449 e. The van der Waals surface area contributed by atoms with Gasteiger partial charge in [0, 0.05) is 18.4 Å². The lowest BCUT2D eigenvalue weighted by Crippen LogP contribution is -2.37. The monoisotopic (exact) mass is 619 g/mol. The number of alkyl carbamates (subject to hydrolysis) is 1. The van der Waals surface area contributed by atoms with Crippen molar-refractivity contribution in [1.29, 1.82) is 0 Å². The average molecular weight is 620 g/mol. The minimum absolute atomic E-state index is 0.00564. The number of carbonyl (C=O) groups excluding carboxylic acids is 1. The summed E-state index contributed by atoms with van der Waals surface area (Å²) in [7, 11) is 1.82. The molecule has 2 aliphatic heterocycles. The van der Waals surface area contributed by atoms with Gasteiger partial charge in [-0.1, -0.05) is 103 Å². The molecule has 0 aromatic carbocycles. The van der Waals surface area contributed by atoms with E-state index in [-0.39, 0.29) is 43.9 Å². The number of amides is 1. The molecule has 2 aliphatic rings. The lowest BCUT2D eigenvalue weighted by molar-refractivity contribution is -0.870. The Balaban J connectivity index is 1.46. The van der Waals surface area contributed by atoms with Crippen molar-refractivity contribution in [3.05, 3.63) is 0 Å². The second kappa shape index (κ2) is 21.1. The minimum atomic E-state index is -4.15. The first-order valence-electron chi connectivity index (χ1n) is 17.1. The number of rotatable bonds is 26. The zero-order valence-corrected chi connectivity index (χ0v) is 28.3. The lowest BCUT2D eigenvalue weighted by Gasteiger charge is -2.28. The standard InChI is InChI=1S/C32H63N2O7P/c1-5-6-7-8-9-10-11-12-13-14-15-16-17-18-19-20-23-33-32(35)38-26-28-29(31-22-21-30(28)41-31)27-40-42(36,37)39-25-24-34(2,3)4/h28-31H,5-27H2,1-4H3,(H-,33,35,36,37)/p+1/t28-,29+,30-,31+/m1/s1. The Morgan fingerprint density at radius 3 is 1.76 bits per heavy atom. The van der Waals surface area contributed by atoms with Gasteiger partial charge in [0.15, 0.2) is 0 Å². The van der Waals surface area contributed by atoms with Crippen LogP contribution < -0.4 is 5.32 Å². The number of hydrogen-bond donors (Lipinski definition) is 2. The van der Waals surface area contributed by atoms with Crippen LogP contribution in [-0.2, 0) is 23.1 Å². The summed E-state index contributed by atoms with van der Waals surface area (Å²) in [6.07, 6.45) is 22.5. The molecule has 10 heteroatoms. The quantitative estimate of drug-likeness (QED) is 0.0584. The molecule has 0 saturated carbocycles. The van der Waals surface area contributed by atoms with Crippen LogP contribution in [0.3, 0.4) is 0 Å². The summed E-state index contributed by atoms with van der Waals surface area (Å²) in [5, 5.41) is 2.87. The van der Waals surface area contributed by atoms with E-state index in [4.69, 9.17) is 18.5 Å². The SMILES string of the molecule is CCCCCCCCCCCCCCCCCCNC(=O)OC[C@@H]1[C@H](COP(=O)(O)OCC[N+](C)(C)C)[C@@H]2CC[C@H]1O2. The Morgan fingerprint density at radius 2 is 1.26 bits per heavy atom. The van der Waals surface area contributed by atoms with Gasteiger partial charge >= 0.3 is 13.9 Å². The van der Waals surface area contributed by atoms with Crippen LogP contribution in [0.25, 0.3) is 0 Å². The Bertz CT molecular complexity index is 764. The number of unbranched alkanes of at least 4 members (excludes halogenated alkanes) is 15. The Labute approximate surface area is 257 Å². The normalized spacial score (nSPS) is 23.3. The Kier molecular flexibility index (Phi) is 18.8. The van der Waals surface area contributed by atoms with Crippen LogP contribution in [0.4, 0.5) is 4.79 Å². The van der Waals surface area contributed by atoms with Crippen LogP contribution in [-0.4, -0.2) is 81.7 Å².